The lowest BCUT2D eigenvalue weighted by atomic mass is 10.3. The Hall–Kier alpha value is -1.27. The summed E-state index contributed by atoms with van der Waals surface area (Å²) < 4.78 is 23.9. The van der Waals surface area contributed by atoms with Crippen LogP contribution in [0.4, 0.5) is 0 Å². The number of hydrogen-bond acceptors (Lipinski definition) is 4. The molecule has 0 radical (unpaired) electrons. The van der Waals surface area contributed by atoms with Gasteiger partial charge in [0.05, 0.1) is 4.90 Å². The first-order chi connectivity index (χ1) is 5.79. The SMILES string of the molecule is O=S(O)c1cccc2nonc12. The molecule has 0 saturated heterocycles. The minimum Gasteiger partial charge on any atom is -0.302 e. The second-order valence-electron chi connectivity index (χ2n) is 2.14. The molecule has 0 aliphatic carbocycles. The predicted octanol–water partition coefficient (Wildman–Crippen LogP) is 0.803. The third-order valence-electron chi connectivity index (χ3n) is 1.44. The van der Waals surface area contributed by atoms with Gasteiger partial charge in [-0.3, -0.25) is 0 Å². The molecule has 62 valence electrons. The molecular formula is C6H4N2O3S. The van der Waals surface area contributed by atoms with Gasteiger partial charge in [-0.05, 0) is 22.4 Å². The van der Waals surface area contributed by atoms with Crippen molar-refractivity contribution in [2.75, 3.05) is 0 Å². The highest BCUT2D eigenvalue weighted by Crippen LogP contribution is 2.16. The first kappa shape index (κ1) is 7.38. The Kier molecular flexibility index (Phi) is 1.63. The minimum absolute atomic E-state index is 0.216. The first-order valence-corrected chi connectivity index (χ1v) is 4.22. The molecular weight excluding hydrogens is 180 g/mol. The molecule has 0 fully saturated rings. The maximum atomic E-state index is 10.7. The third kappa shape index (κ3) is 1.01. The van der Waals surface area contributed by atoms with Crippen LogP contribution in [0, 0.1) is 0 Å². The highest BCUT2D eigenvalue weighted by Gasteiger charge is 2.09. The Morgan fingerprint density at radius 1 is 1.42 bits per heavy atom. The van der Waals surface area contributed by atoms with Crippen molar-refractivity contribution >= 4 is 22.1 Å². The van der Waals surface area contributed by atoms with E-state index in [2.05, 4.69) is 14.9 Å². The van der Waals surface area contributed by atoms with E-state index in [4.69, 9.17) is 4.55 Å². The Balaban J connectivity index is 2.82. The van der Waals surface area contributed by atoms with E-state index < -0.39 is 11.1 Å². The molecule has 1 unspecified atom stereocenters. The quantitative estimate of drug-likeness (QED) is 0.663. The normalized spacial score (nSPS) is 13.4. The predicted molar refractivity (Wildman–Crippen MR) is 40.8 cm³/mol. The van der Waals surface area contributed by atoms with Crippen LogP contribution in [0.25, 0.3) is 11.0 Å². The zero-order valence-corrected chi connectivity index (χ0v) is 6.61. The maximum Gasteiger partial charge on any atom is 0.188 e. The fraction of sp³-hybridized carbons (Fsp3) is 0. The average Bonchev–Trinajstić information content (AvgIpc) is 2.49. The summed E-state index contributed by atoms with van der Waals surface area (Å²) in [6.07, 6.45) is 0. The molecule has 0 bridgehead atoms. The van der Waals surface area contributed by atoms with E-state index in [0.29, 0.717) is 11.0 Å². The molecule has 6 heteroatoms. The number of aromatic nitrogens is 2. The van der Waals surface area contributed by atoms with E-state index in [1.165, 1.54) is 6.07 Å². The topological polar surface area (TPSA) is 76.2 Å². The molecule has 5 nitrogen and oxygen atoms in total. The monoisotopic (exact) mass is 184 g/mol. The van der Waals surface area contributed by atoms with Crippen molar-refractivity contribution in [3.63, 3.8) is 0 Å². The van der Waals surface area contributed by atoms with E-state index in [-0.39, 0.29) is 4.90 Å². The second kappa shape index (κ2) is 2.65. The molecule has 12 heavy (non-hydrogen) atoms. The van der Waals surface area contributed by atoms with Crippen LogP contribution in [-0.4, -0.2) is 19.1 Å². The summed E-state index contributed by atoms with van der Waals surface area (Å²) in [7, 11) is 0. The molecule has 2 rings (SSSR count). The minimum atomic E-state index is -2.04. The van der Waals surface area contributed by atoms with Gasteiger partial charge in [0.25, 0.3) is 0 Å². The van der Waals surface area contributed by atoms with Gasteiger partial charge < -0.3 is 4.55 Å². The molecule has 1 aromatic heterocycles. The molecule has 1 N–H and O–H groups in total. The standard InChI is InChI=1S/C6H4N2O3S/c9-12(10)5-3-1-2-4-6(5)8-11-7-4/h1-3H,(H,9,10). The van der Waals surface area contributed by atoms with Crippen LogP contribution in [0.2, 0.25) is 0 Å². The van der Waals surface area contributed by atoms with Gasteiger partial charge in [-0.15, -0.1) is 0 Å². The molecule has 0 aliphatic rings. The lowest BCUT2D eigenvalue weighted by Gasteiger charge is -1.91. The molecule has 0 spiro atoms. The Labute approximate surface area is 69.6 Å². The van der Waals surface area contributed by atoms with Crippen LogP contribution in [0.15, 0.2) is 27.7 Å². The van der Waals surface area contributed by atoms with E-state index in [9.17, 15) is 4.21 Å². The highest BCUT2D eigenvalue weighted by atomic mass is 32.2. The number of fused-ring (bicyclic) bond motifs is 1. The highest BCUT2D eigenvalue weighted by molar-refractivity contribution is 7.79. The molecule has 0 saturated carbocycles. The summed E-state index contributed by atoms with van der Waals surface area (Å²) in [6.45, 7) is 0. The van der Waals surface area contributed by atoms with E-state index in [1.54, 1.807) is 12.1 Å². The van der Waals surface area contributed by atoms with Gasteiger partial charge in [-0.25, -0.2) is 8.84 Å². The smallest absolute Gasteiger partial charge is 0.188 e. The fourth-order valence-corrected chi connectivity index (χ4v) is 1.42. The van der Waals surface area contributed by atoms with E-state index >= 15 is 0 Å². The summed E-state index contributed by atoms with van der Waals surface area (Å²) in [5, 5.41) is 7.03. The molecule has 0 aliphatic heterocycles. The number of hydrogen-bond donors (Lipinski definition) is 1. The van der Waals surface area contributed by atoms with Gasteiger partial charge in [-0.1, -0.05) is 6.07 Å². The third-order valence-corrected chi connectivity index (χ3v) is 2.14. The zero-order chi connectivity index (χ0) is 8.55. The summed E-state index contributed by atoms with van der Waals surface area (Å²) in [4.78, 5) is 0.216. The van der Waals surface area contributed by atoms with Gasteiger partial charge in [0.15, 0.2) is 16.6 Å². The summed E-state index contributed by atoms with van der Waals surface area (Å²) >= 11 is -2.04. The van der Waals surface area contributed by atoms with Crippen molar-refractivity contribution in [2.45, 2.75) is 4.90 Å². The number of rotatable bonds is 1. The van der Waals surface area contributed by atoms with Crippen LogP contribution >= 0.6 is 0 Å². The summed E-state index contributed by atoms with van der Waals surface area (Å²) in [5.41, 5.74) is 0.813. The van der Waals surface area contributed by atoms with Crippen molar-refractivity contribution in [3.05, 3.63) is 18.2 Å². The van der Waals surface area contributed by atoms with Crippen LogP contribution < -0.4 is 0 Å². The zero-order valence-electron chi connectivity index (χ0n) is 5.80. The van der Waals surface area contributed by atoms with Crippen molar-refractivity contribution in [3.8, 4) is 0 Å². The number of benzene rings is 1. The molecule has 2 aromatic rings. The lowest BCUT2D eigenvalue weighted by molar-refractivity contribution is 0.315. The molecule has 0 amide bonds. The van der Waals surface area contributed by atoms with Gasteiger partial charge in [0, 0.05) is 0 Å². The van der Waals surface area contributed by atoms with E-state index in [1.807, 2.05) is 0 Å². The largest absolute Gasteiger partial charge is 0.302 e. The van der Waals surface area contributed by atoms with Crippen LogP contribution in [0.5, 0.6) is 0 Å². The fourth-order valence-electron chi connectivity index (χ4n) is 0.922. The van der Waals surface area contributed by atoms with Crippen molar-refractivity contribution < 1.29 is 13.4 Å². The Morgan fingerprint density at radius 3 is 3.00 bits per heavy atom. The van der Waals surface area contributed by atoms with Gasteiger partial charge in [0.1, 0.15) is 5.52 Å². The van der Waals surface area contributed by atoms with Crippen LogP contribution in [0.1, 0.15) is 0 Å². The second-order valence-corrected chi connectivity index (χ2v) is 3.08. The van der Waals surface area contributed by atoms with Gasteiger partial charge in [-0.2, -0.15) is 0 Å². The van der Waals surface area contributed by atoms with Crippen LogP contribution in [0.3, 0.4) is 0 Å². The summed E-state index contributed by atoms with van der Waals surface area (Å²) in [5.74, 6) is 0. The molecule has 1 aromatic carbocycles. The van der Waals surface area contributed by atoms with Crippen molar-refractivity contribution in [1.82, 2.24) is 10.3 Å². The molecule has 1 heterocycles. The summed E-state index contributed by atoms with van der Waals surface area (Å²) in [6, 6.07) is 4.78. The first-order valence-electron chi connectivity index (χ1n) is 3.11. The molecule has 1 atom stereocenters. The van der Waals surface area contributed by atoms with Crippen molar-refractivity contribution in [2.24, 2.45) is 0 Å². The maximum absolute atomic E-state index is 10.7. The van der Waals surface area contributed by atoms with Gasteiger partial charge in [0.2, 0.25) is 0 Å². The lowest BCUT2D eigenvalue weighted by Crippen LogP contribution is -1.88. The Morgan fingerprint density at radius 2 is 2.25 bits per heavy atom. The Bertz CT molecular complexity index is 439. The number of nitrogens with zero attached hydrogens (tertiary/aromatic N) is 2. The van der Waals surface area contributed by atoms with Crippen molar-refractivity contribution in [1.29, 1.82) is 0 Å². The van der Waals surface area contributed by atoms with Crippen LogP contribution in [-0.2, 0) is 11.1 Å². The van der Waals surface area contributed by atoms with E-state index in [0.717, 1.165) is 0 Å². The average molecular weight is 184 g/mol. The van der Waals surface area contributed by atoms with Gasteiger partial charge >= 0.3 is 0 Å².